The normalized spacial score (nSPS) is 37.1. The zero-order valence-electron chi connectivity index (χ0n) is 14.4. The molecule has 9 unspecified atom stereocenters. The number of hydrogen-bond donors (Lipinski definition) is 7. The first-order chi connectivity index (χ1) is 10.8. The summed E-state index contributed by atoms with van der Waals surface area (Å²) >= 11 is 0. The first-order valence-corrected chi connectivity index (χ1v) is 8.71. The van der Waals surface area contributed by atoms with Crippen molar-refractivity contribution in [1.82, 2.24) is 0 Å². The largest absolute Gasteiger partial charge is 0.330 e. The standard InChI is InChI=1S/C15H36BN7/c1-2-7(5-17)12(20)14(22)10(16)4-9-8(6-18)3-11(19)15(23)13(9)21/h7-15H,2-6,17-23H2,1H3. The molecule has 1 rings (SSSR count). The summed E-state index contributed by atoms with van der Waals surface area (Å²) in [4.78, 5) is 0. The summed E-state index contributed by atoms with van der Waals surface area (Å²) in [6.07, 6.45) is 2.30. The lowest BCUT2D eigenvalue weighted by molar-refractivity contribution is 0.151. The Hall–Kier alpha value is -0.215. The van der Waals surface area contributed by atoms with E-state index in [1.807, 2.05) is 0 Å². The maximum atomic E-state index is 6.34. The quantitative estimate of drug-likeness (QED) is 0.242. The summed E-state index contributed by atoms with van der Waals surface area (Å²) in [5, 5.41) is 0. The molecule has 2 radical (unpaired) electrons. The van der Waals surface area contributed by atoms with Crippen LogP contribution in [0.5, 0.6) is 0 Å². The fourth-order valence-corrected chi connectivity index (χ4v) is 3.85. The van der Waals surface area contributed by atoms with E-state index in [2.05, 4.69) is 6.92 Å². The highest BCUT2D eigenvalue weighted by Gasteiger charge is 2.40. The van der Waals surface area contributed by atoms with Gasteiger partial charge in [0, 0.05) is 30.2 Å². The van der Waals surface area contributed by atoms with E-state index in [-0.39, 0.29) is 53.8 Å². The molecule has 23 heavy (non-hydrogen) atoms. The molecular weight excluding hydrogens is 289 g/mol. The second-order valence-corrected chi connectivity index (χ2v) is 7.17. The van der Waals surface area contributed by atoms with Gasteiger partial charge in [0.2, 0.25) is 0 Å². The van der Waals surface area contributed by atoms with Crippen molar-refractivity contribution in [3.8, 4) is 0 Å². The Kier molecular flexibility index (Phi) is 8.44. The van der Waals surface area contributed by atoms with E-state index in [1.54, 1.807) is 0 Å². The topological polar surface area (TPSA) is 182 Å². The molecule has 0 bridgehead atoms. The average Bonchev–Trinajstić information content (AvgIpc) is 2.55. The zero-order chi connectivity index (χ0) is 17.7. The molecule has 0 heterocycles. The van der Waals surface area contributed by atoms with Crippen LogP contribution in [0, 0.1) is 17.8 Å². The van der Waals surface area contributed by atoms with E-state index in [4.69, 9.17) is 48.0 Å². The van der Waals surface area contributed by atoms with Gasteiger partial charge in [0.15, 0.2) is 0 Å². The summed E-state index contributed by atoms with van der Waals surface area (Å²) in [7, 11) is 6.34. The molecule has 0 aromatic carbocycles. The highest BCUT2D eigenvalue weighted by molar-refractivity contribution is 6.12. The summed E-state index contributed by atoms with van der Waals surface area (Å²) in [6, 6.07) is -1.15. The minimum absolute atomic E-state index is 0.112. The maximum absolute atomic E-state index is 6.34. The third kappa shape index (κ3) is 4.88. The highest BCUT2D eigenvalue weighted by atomic mass is 14.9. The zero-order valence-corrected chi connectivity index (χ0v) is 14.4. The molecule has 0 aliphatic heterocycles. The van der Waals surface area contributed by atoms with E-state index < -0.39 is 0 Å². The van der Waals surface area contributed by atoms with Crippen LogP contribution in [0.4, 0.5) is 0 Å². The number of hydrogen-bond acceptors (Lipinski definition) is 7. The highest BCUT2D eigenvalue weighted by Crippen LogP contribution is 2.34. The number of rotatable bonds is 8. The summed E-state index contributed by atoms with van der Waals surface area (Å²) in [5.74, 6) is 0.223. The van der Waals surface area contributed by atoms with Gasteiger partial charge in [-0.1, -0.05) is 25.6 Å². The van der Waals surface area contributed by atoms with Crippen LogP contribution in [0.3, 0.4) is 0 Å². The first-order valence-electron chi connectivity index (χ1n) is 8.71. The minimum Gasteiger partial charge on any atom is -0.330 e. The van der Waals surface area contributed by atoms with E-state index in [0.29, 0.717) is 19.5 Å². The SMILES string of the molecule is [B]C(CC1C(CN)CC(N)C(N)C1N)C(N)C(N)C(CC)CN. The van der Waals surface area contributed by atoms with Gasteiger partial charge in [0.25, 0.3) is 0 Å². The fourth-order valence-electron chi connectivity index (χ4n) is 3.85. The second kappa shape index (κ2) is 9.32. The van der Waals surface area contributed by atoms with Gasteiger partial charge in [0.05, 0.1) is 7.85 Å². The van der Waals surface area contributed by atoms with Gasteiger partial charge >= 0.3 is 0 Å². The van der Waals surface area contributed by atoms with Gasteiger partial charge in [-0.05, 0) is 37.3 Å². The van der Waals surface area contributed by atoms with Crippen LogP contribution in [0.2, 0.25) is 5.82 Å². The summed E-state index contributed by atoms with van der Waals surface area (Å²) in [5.41, 5.74) is 42.7. The van der Waals surface area contributed by atoms with Crippen molar-refractivity contribution in [2.45, 2.75) is 62.2 Å². The summed E-state index contributed by atoms with van der Waals surface area (Å²) < 4.78 is 0. The van der Waals surface area contributed by atoms with Gasteiger partial charge < -0.3 is 40.1 Å². The molecule has 0 amide bonds. The van der Waals surface area contributed by atoms with Gasteiger partial charge in [0.1, 0.15) is 0 Å². The molecule has 0 saturated heterocycles. The Bertz CT molecular complexity index is 340. The number of nitrogens with two attached hydrogens (primary N) is 7. The van der Waals surface area contributed by atoms with Crippen LogP contribution in [-0.4, -0.2) is 51.1 Å². The lowest BCUT2D eigenvalue weighted by Gasteiger charge is -2.45. The predicted molar refractivity (Wildman–Crippen MR) is 97.5 cm³/mol. The van der Waals surface area contributed by atoms with Gasteiger partial charge in [-0.2, -0.15) is 0 Å². The van der Waals surface area contributed by atoms with Gasteiger partial charge in [-0.3, -0.25) is 0 Å². The lowest BCUT2D eigenvalue weighted by atomic mass is 9.63. The van der Waals surface area contributed by atoms with Crippen LogP contribution < -0.4 is 40.1 Å². The Balaban J connectivity index is 2.74. The molecule has 1 aliphatic rings. The monoisotopic (exact) mass is 325 g/mol. The van der Waals surface area contributed by atoms with Gasteiger partial charge in [-0.15, -0.1) is 0 Å². The van der Waals surface area contributed by atoms with Crippen LogP contribution in [-0.2, 0) is 0 Å². The Labute approximate surface area is 141 Å². The Morgan fingerprint density at radius 3 is 2.13 bits per heavy atom. The van der Waals surface area contributed by atoms with E-state index in [9.17, 15) is 0 Å². The molecular formula is C15H36BN7. The third-order valence-electron chi connectivity index (χ3n) is 5.77. The molecule has 1 aliphatic carbocycles. The smallest absolute Gasteiger partial charge is 0.0721 e. The van der Waals surface area contributed by atoms with Crippen molar-refractivity contribution in [2.24, 2.45) is 57.9 Å². The molecule has 8 heteroatoms. The van der Waals surface area contributed by atoms with Crippen molar-refractivity contribution < 1.29 is 0 Å². The molecule has 7 nitrogen and oxygen atoms in total. The molecule has 1 saturated carbocycles. The van der Waals surface area contributed by atoms with Gasteiger partial charge in [-0.25, -0.2) is 0 Å². The molecule has 1 fully saturated rings. The Morgan fingerprint density at radius 2 is 1.65 bits per heavy atom. The van der Waals surface area contributed by atoms with E-state index >= 15 is 0 Å². The average molecular weight is 325 g/mol. The molecule has 0 aromatic heterocycles. The summed E-state index contributed by atoms with van der Waals surface area (Å²) in [6.45, 7) is 3.08. The van der Waals surface area contributed by atoms with Crippen LogP contribution in [0.15, 0.2) is 0 Å². The molecule has 134 valence electrons. The van der Waals surface area contributed by atoms with Crippen molar-refractivity contribution in [2.75, 3.05) is 13.1 Å². The molecule has 0 aromatic rings. The van der Waals surface area contributed by atoms with Crippen LogP contribution in [0.25, 0.3) is 0 Å². The van der Waals surface area contributed by atoms with Crippen molar-refractivity contribution in [3.63, 3.8) is 0 Å². The maximum Gasteiger partial charge on any atom is 0.0721 e. The minimum atomic E-state index is -0.332. The Morgan fingerprint density at radius 1 is 1.04 bits per heavy atom. The van der Waals surface area contributed by atoms with Crippen LogP contribution in [0.1, 0.15) is 26.2 Å². The van der Waals surface area contributed by atoms with Crippen molar-refractivity contribution in [1.29, 1.82) is 0 Å². The fraction of sp³-hybridized carbons (Fsp3) is 1.00. The van der Waals surface area contributed by atoms with Crippen molar-refractivity contribution >= 4 is 7.85 Å². The first kappa shape index (κ1) is 20.8. The van der Waals surface area contributed by atoms with E-state index in [1.165, 1.54) is 0 Å². The predicted octanol–water partition coefficient (Wildman–Crippen LogP) is -2.45. The second-order valence-electron chi connectivity index (χ2n) is 7.17. The molecule has 0 spiro atoms. The third-order valence-corrected chi connectivity index (χ3v) is 5.77. The van der Waals surface area contributed by atoms with E-state index in [0.717, 1.165) is 12.8 Å². The molecule has 9 atom stereocenters. The lowest BCUT2D eigenvalue weighted by Crippen LogP contribution is -2.63. The van der Waals surface area contributed by atoms with Crippen molar-refractivity contribution in [3.05, 3.63) is 0 Å². The van der Waals surface area contributed by atoms with Crippen LogP contribution >= 0.6 is 0 Å². The molecule has 14 N–H and O–H groups in total.